The molecule has 0 aromatic heterocycles. The molecule has 16 nitrogen and oxygen atoms in total. The highest BCUT2D eigenvalue weighted by Gasteiger charge is 2.72. The molecule has 2 aliphatic heterocycles. The Labute approximate surface area is 345 Å². The standard InChI is InChI=1S/C43H68O16/c1-38(18-45)15-21-20-14-22(55-7)34-40(3)10-9-26(41(4,19-46)24(40)8-11-43(34,6)42(20,5)13-12-39(21,2)25(47)16-38)57-37-33(30(51)29(50)32(58-37)35(53)54)59-36-31(52)28(49)27(48)23(17-44)56-36/h14,21-24,26-34,36-37,44-46,48-52H,8-13,15-19H2,1-7H3,(H,53,54). The molecule has 4 saturated carbocycles. The number of aliphatic carboxylic acids is 1. The van der Waals surface area contributed by atoms with E-state index in [-0.39, 0.29) is 53.7 Å². The number of hydrogen-bond donors (Lipinski definition) is 9. The average molecular weight is 841 g/mol. The number of carboxylic acids is 1. The maximum Gasteiger partial charge on any atom is 0.335 e. The van der Waals surface area contributed by atoms with Crippen molar-refractivity contribution in [3.05, 3.63) is 11.6 Å². The van der Waals surface area contributed by atoms with Gasteiger partial charge in [0.05, 0.1) is 25.4 Å². The number of aliphatic hydroxyl groups is 8. The van der Waals surface area contributed by atoms with Crippen molar-refractivity contribution < 1.29 is 79.2 Å². The molecule has 0 radical (unpaired) electrons. The molecule has 0 aromatic rings. The van der Waals surface area contributed by atoms with E-state index in [4.69, 9.17) is 23.7 Å². The normalized spacial score (nSPS) is 54.9. The smallest absolute Gasteiger partial charge is 0.335 e. The molecule has 59 heavy (non-hydrogen) atoms. The Bertz CT molecular complexity index is 1640. The highest BCUT2D eigenvalue weighted by molar-refractivity contribution is 5.87. The molecule has 21 atom stereocenters. The molecule has 9 N–H and O–H groups in total. The Morgan fingerprint density at radius 1 is 0.814 bits per heavy atom. The Morgan fingerprint density at radius 3 is 2.12 bits per heavy atom. The molecule has 0 bridgehead atoms. The van der Waals surface area contributed by atoms with Gasteiger partial charge in [0.15, 0.2) is 18.7 Å². The number of carboxylic acid groups (broad SMARTS) is 1. The van der Waals surface area contributed by atoms with Gasteiger partial charge < -0.3 is 69.6 Å². The fourth-order valence-electron chi connectivity index (χ4n) is 13.8. The van der Waals surface area contributed by atoms with E-state index in [9.17, 15) is 55.5 Å². The summed E-state index contributed by atoms with van der Waals surface area (Å²) in [6.45, 7) is 11.9. The summed E-state index contributed by atoms with van der Waals surface area (Å²) in [5, 5.41) is 95.2. The molecular formula is C43H68O16. The van der Waals surface area contributed by atoms with Crippen LogP contribution in [0.5, 0.6) is 0 Å². The van der Waals surface area contributed by atoms with Crippen molar-refractivity contribution in [3.63, 3.8) is 0 Å². The van der Waals surface area contributed by atoms with E-state index in [2.05, 4.69) is 33.8 Å². The number of methoxy groups -OCH3 is 1. The maximum atomic E-state index is 13.9. The largest absolute Gasteiger partial charge is 0.479 e. The summed E-state index contributed by atoms with van der Waals surface area (Å²) in [4.78, 5) is 26.1. The number of Topliss-reactive ketones (excluding diaryl/α,β-unsaturated/α-hetero) is 1. The van der Waals surface area contributed by atoms with Gasteiger partial charge in [-0.1, -0.05) is 53.2 Å². The van der Waals surface area contributed by atoms with Crippen LogP contribution in [0.1, 0.15) is 92.9 Å². The number of rotatable bonds is 9. The summed E-state index contributed by atoms with van der Waals surface area (Å²) >= 11 is 0. The maximum absolute atomic E-state index is 13.9. The van der Waals surface area contributed by atoms with Crippen LogP contribution in [0.25, 0.3) is 0 Å². The predicted molar refractivity (Wildman–Crippen MR) is 206 cm³/mol. The quantitative estimate of drug-likeness (QED) is 0.114. The van der Waals surface area contributed by atoms with Crippen LogP contribution in [-0.4, -0.2) is 158 Å². The van der Waals surface area contributed by atoms with Crippen molar-refractivity contribution in [2.75, 3.05) is 26.9 Å². The van der Waals surface area contributed by atoms with Crippen molar-refractivity contribution >= 4 is 11.8 Å². The van der Waals surface area contributed by atoms with Crippen molar-refractivity contribution in [2.45, 2.75) is 167 Å². The van der Waals surface area contributed by atoms with Crippen LogP contribution in [0.4, 0.5) is 0 Å². The van der Waals surface area contributed by atoms with Gasteiger partial charge in [-0.3, -0.25) is 4.79 Å². The molecule has 0 aromatic carbocycles. The zero-order valence-corrected chi connectivity index (χ0v) is 35.4. The lowest BCUT2D eigenvalue weighted by Crippen LogP contribution is -2.69. The van der Waals surface area contributed by atoms with Crippen molar-refractivity contribution in [1.29, 1.82) is 0 Å². The second-order valence-corrected chi connectivity index (χ2v) is 20.8. The van der Waals surface area contributed by atoms with Crippen LogP contribution in [0, 0.1) is 50.2 Å². The number of ketones is 1. The van der Waals surface area contributed by atoms with Crippen LogP contribution < -0.4 is 0 Å². The van der Waals surface area contributed by atoms with E-state index in [1.807, 2.05) is 13.8 Å². The number of carbonyl (C=O) groups is 2. The molecule has 2 heterocycles. The summed E-state index contributed by atoms with van der Waals surface area (Å²) in [6, 6.07) is 0. The van der Waals surface area contributed by atoms with Crippen LogP contribution in [0.2, 0.25) is 0 Å². The fraction of sp³-hybridized carbons (Fsp3) is 0.907. The van der Waals surface area contributed by atoms with Crippen LogP contribution in [-0.2, 0) is 33.3 Å². The Hall–Kier alpha value is -1.64. The molecule has 336 valence electrons. The Morgan fingerprint density at radius 2 is 1.51 bits per heavy atom. The lowest BCUT2D eigenvalue weighted by atomic mass is 9.33. The second kappa shape index (κ2) is 15.6. The third-order valence-corrected chi connectivity index (χ3v) is 17.6. The molecule has 5 aliphatic carbocycles. The number of allylic oxidation sites excluding steroid dienone is 1. The molecule has 2 saturated heterocycles. The van der Waals surface area contributed by atoms with Gasteiger partial charge in [0, 0.05) is 36.9 Å². The van der Waals surface area contributed by atoms with E-state index < -0.39 is 102 Å². The van der Waals surface area contributed by atoms with Gasteiger partial charge in [-0.2, -0.15) is 0 Å². The summed E-state index contributed by atoms with van der Waals surface area (Å²) in [5.74, 6) is -1.58. The number of carbonyl (C=O) groups excluding carboxylic acids is 1. The molecule has 21 unspecified atom stereocenters. The Balaban J connectivity index is 1.21. The van der Waals surface area contributed by atoms with E-state index in [0.717, 1.165) is 19.3 Å². The fourth-order valence-corrected chi connectivity index (χ4v) is 13.8. The van der Waals surface area contributed by atoms with E-state index in [0.29, 0.717) is 32.1 Å². The first-order valence-electron chi connectivity index (χ1n) is 21.4. The van der Waals surface area contributed by atoms with Gasteiger partial charge in [-0.15, -0.1) is 0 Å². The zero-order chi connectivity index (χ0) is 43.4. The summed E-state index contributed by atoms with van der Waals surface area (Å²) in [6.07, 6.45) is -11.5. The molecule has 0 amide bonds. The third-order valence-electron chi connectivity index (χ3n) is 17.6. The number of aliphatic hydroxyl groups excluding tert-OH is 8. The molecule has 16 heteroatoms. The average Bonchev–Trinajstić information content (AvgIpc) is 3.19. The van der Waals surface area contributed by atoms with Crippen molar-refractivity contribution in [2.24, 2.45) is 50.2 Å². The summed E-state index contributed by atoms with van der Waals surface area (Å²) in [5.41, 5.74) is -1.72. The molecule has 7 aliphatic rings. The third kappa shape index (κ3) is 6.64. The van der Waals surface area contributed by atoms with Gasteiger partial charge >= 0.3 is 5.97 Å². The van der Waals surface area contributed by atoms with Crippen LogP contribution in [0.3, 0.4) is 0 Å². The van der Waals surface area contributed by atoms with Crippen LogP contribution in [0.15, 0.2) is 11.6 Å². The van der Waals surface area contributed by atoms with Crippen LogP contribution >= 0.6 is 0 Å². The molecule has 7 rings (SSSR count). The van der Waals surface area contributed by atoms with E-state index >= 15 is 0 Å². The van der Waals surface area contributed by atoms with Crippen molar-refractivity contribution in [1.82, 2.24) is 0 Å². The number of ether oxygens (including phenoxy) is 5. The first kappa shape index (κ1) is 45.4. The van der Waals surface area contributed by atoms with E-state index in [1.54, 1.807) is 7.11 Å². The molecule has 0 spiro atoms. The lowest BCUT2D eigenvalue weighted by molar-refractivity contribution is -0.376. The minimum atomic E-state index is -2.00. The molecular weight excluding hydrogens is 772 g/mol. The van der Waals surface area contributed by atoms with Gasteiger partial charge in [-0.05, 0) is 78.4 Å². The van der Waals surface area contributed by atoms with Gasteiger partial charge in [0.2, 0.25) is 0 Å². The molecule has 6 fully saturated rings. The van der Waals surface area contributed by atoms with Gasteiger partial charge in [0.25, 0.3) is 0 Å². The lowest BCUT2D eigenvalue weighted by Gasteiger charge is -2.72. The summed E-state index contributed by atoms with van der Waals surface area (Å²) in [7, 11) is 1.72. The highest BCUT2D eigenvalue weighted by atomic mass is 16.8. The Kier molecular flexibility index (Phi) is 12.0. The second-order valence-electron chi connectivity index (χ2n) is 20.8. The zero-order valence-electron chi connectivity index (χ0n) is 35.4. The van der Waals surface area contributed by atoms with E-state index in [1.165, 1.54) is 5.57 Å². The number of hydrogen-bond acceptors (Lipinski definition) is 15. The monoisotopic (exact) mass is 840 g/mol. The van der Waals surface area contributed by atoms with Gasteiger partial charge in [-0.25, -0.2) is 4.79 Å². The first-order valence-corrected chi connectivity index (χ1v) is 21.4. The predicted octanol–water partition coefficient (Wildman–Crippen LogP) is 0.658. The first-order chi connectivity index (χ1) is 27.5. The van der Waals surface area contributed by atoms with Crippen molar-refractivity contribution in [3.8, 4) is 0 Å². The topological polar surface area (TPSA) is 262 Å². The minimum Gasteiger partial charge on any atom is -0.479 e. The number of fused-ring (bicyclic) bond motifs is 7. The summed E-state index contributed by atoms with van der Waals surface area (Å²) < 4.78 is 30.3. The minimum absolute atomic E-state index is 0.0197. The SMILES string of the molecule is COC1C=C2C3CC(C)(CO)CC(=O)C3(C)CCC2(C)C2(C)CCC3C(C)(CO)C(OC4OC(C(=O)O)C(O)C(O)C4OC4OC(CO)C(O)C(O)C4O)CCC3(C)C12. The highest BCUT2D eigenvalue weighted by Crippen LogP contribution is 2.76. The van der Waals surface area contributed by atoms with Gasteiger partial charge in [0.1, 0.15) is 48.5 Å².